The average molecular weight is 324 g/mol. The molecule has 0 atom stereocenters. The van der Waals surface area contributed by atoms with Gasteiger partial charge in [-0.2, -0.15) is 8.75 Å². The highest BCUT2D eigenvalue weighted by Crippen LogP contribution is 2.35. The molecule has 0 saturated carbocycles. The van der Waals surface area contributed by atoms with Crippen molar-refractivity contribution in [2.45, 2.75) is 13.5 Å². The molecule has 3 aromatic rings. The molecule has 0 amide bonds. The first-order valence-electron chi connectivity index (χ1n) is 6.05. The second-order valence-corrected chi connectivity index (χ2v) is 5.86. The Morgan fingerprint density at radius 2 is 1.75 bits per heavy atom. The number of hydrogen-bond donors (Lipinski definition) is 1. The summed E-state index contributed by atoms with van der Waals surface area (Å²) in [5.41, 5.74) is 4.61. The SMILES string of the molecule is Cc1ccc(CNc2c(Cl)cc(Cl)c3nsnc23)cc1. The summed E-state index contributed by atoms with van der Waals surface area (Å²) in [4.78, 5) is 0. The predicted molar refractivity (Wildman–Crippen MR) is 85.9 cm³/mol. The topological polar surface area (TPSA) is 37.8 Å². The molecule has 2 aromatic carbocycles. The van der Waals surface area contributed by atoms with Crippen molar-refractivity contribution in [3.05, 3.63) is 51.5 Å². The minimum absolute atomic E-state index is 0.527. The van der Waals surface area contributed by atoms with Gasteiger partial charge in [-0.05, 0) is 18.6 Å². The van der Waals surface area contributed by atoms with E-state index in [0.717, 1.165) is 22.9 Å². The van der Waals surface area contributed by atoms with Crippen LogP contribution in [-0.4, -0.2) is 8.75 Å². The maximum atomic E-state index is 6.25. The van der Waals surface area contributed by atoms with Gasteiger partial charge in [0.05, 0.1) is 27.5 Å². The summed E-state index contributed by atoms with van der Waals surface area (Å²) < 4.78 is 8.45. The van der Waals surface area contributed by atoms with Crippen LogP contribution in [0.25, 0.3) is 11.0 Å². The van der Waals surface area contributed by atoms with E-state index in [1.54, 1.807) is 6.07 Å². The van der Waals surface area contributed by atoms with Crippen LogP contribution in [0.5, 0.6) is 0 Å². The van der Waals surface area contributed by atoms with Crippen molar-refractivity contribution in [1.82, 2.24) is 8.75 Å². The second-order valence-electron chi connectivity index (χ2n) is 4.52. The summed E-state index contributed by atoms with van der Waals surface area (Å²) >= 11 is 13.5. The molecule has 0 unspecified atom stereocenters. The quantitative estimate of drug-likeness (QED) is 0.743. The van der Waals surface area contributed by atoms with Crippen molar-refractivity contribution in [1.29, 1.82) is 0 Å². The third-order valence-corrected chi connectivity index (χ3v) is 4.15. The lowest BCUT2D eigenvalue weighted by Gasteiger charge is -2.10. The molecule has 0 saturated heterocycles. The van der Waals surface area contributed by atoms with Gasteiger partial charge < -0.3 is 5.32 Å². The van der Waals surface area contributed by atoms with E-state index in [4.69, 9.17) is 23.2 Å². The van der Waals surface area contributed by atoms with E-state index < -0.39 is 0 Å². The molecule has 102 valence electrons. The van der Waals surface area contributed by atoms with E-state index in [-0.39, 0.29) is 0 Å². The Balaban J connectivity index is 1.91. The zero-order chi connectivity index (χ0) is 14.1. The molecule has 0 radical (unpaired) electrons. The molecule has 0 aliphatic heterocycles. The molecule has 0 fully saturated rings. The Hall–Kier alpha value is -1.36. The van der Waals surface area contributed by atoms with Crippen LogP contribution in [0.4, 0.5) is 5.69 Å². The Labute approximate surface area is 130 Å². The minimum Gasteiger partial charge on any atom is -0.378 e. The number of hydrogen-bond acceptors (Lipinski definition) is 4. The Morgan fingerprint density at radius 1 is 1.05 bits per heavy atom. The number of benzene rings is 2. The number of rotatable bonds is 3. The standard InChI is InChI=1S/C14H11Cl2N3S/c1-8-2-4-9(5-3-8)7-17-12-10(15)6-11(16)13-14(12)19-20-18-13/h2-6,17H,7H2,1H3. The number of anilines is 1. The van der Waals surface area contributed by atoms with E-state index in [1.165, 1.54) is 11.1 Å². The number of aromatic nitrogens is 2. The molecule has 1 aromatic heterocycles. The fraction of sp³-hybridized carbons (Fsp3) is 0.143. The van der Waals surface area contributed by atoms with E-state index in [1.807, 2.05) is 0 Å². The van der Waals surface area contributed by atoms with E-state index >= 15 is 0 Å². The molecule has 0 aliphatic rings. The van der Waals surface area contributed by atoms with E-state index in [9.17, 15) is 0 Å². The van der Waals surface area contributed by atoms with Gasteiger partial charge in [-0.15, -0.1) is 0 Å². The summed E-state index contributed by atoms with van der Waals surface area (Å²) in [7, 11) is 0. The Morgan fingerprint density at radius 3 is 2.50 bits per heavy atom. The predicted octanol–water partition coefficient (Wildman–Crippen LogP) is 4.92. The molecule has 3 rings (SSSR count). The molecule has 1 heterocycles. The highest BCUT2D eigenvalue weighted by atomic mass is 35.5. The lowest BCUT2D eigenvalue weighted by molar-refractivity contribution is 1.15. The Kier molecular flexibility index (Phi) is 3.78. The van der Waals surface area contributed by atoms with Gasteiger partial charge in [0.1, 0.15) is 11.0 Å². The van der Waals surface area contributed by atoms with Crippen molar-refractivity contribution in [3.63, 3.8) is 0 Å². The first-order chi connectivity index (χ1) is 9.65. The monoisotopic (exact) mass is 323 g/mol. The van der Waals surface area contributed by atoms with Crippen LogP contribution < -0.4 is 5.32 Å². The van der Waals surface area contributed by atoms with E-state index in [0.29, 0.717) is 22.1 Å². The molecule has 0 bridgehead atoms. The Bertz CT molecular complexity index is 753. The van der Waals surface area contributed by atoms with Gasteiger partial charge in [-0.3, -0.25) is 0 Å². The maximum absolute atomic E-state index is 6.25. The van der Waals surface area contributed by atoms with Crippen LogP contribution in [0.2, 0.25) is 10.0 Å². The van der Waals surface area contributed by atoms with Crippen LogP contribution in [0, 0.1) is 6.92 Å². The van der Waals surface area contributed by atoms with Gasteiger partial charge in [0.25, 0.3) is 0 Å². The molecular weight excluding hydrogens is 313 g/mol. The van der Waals surface area contributed by atoms with Gasteiger partial charge in [0, 0.05) is 6.54 Å². The third kappa shape index (κ3) is 2.59. The lowest BCUT2D eigenvalue weighted by atomic mass is 10.1. The average Bonchev–Trinajstić information content (AvgIpc) is 2.90. The van der Waals surface area contributed by atoms with Crippen molar-refractivity contribution in [2.75, 3.05) is 5.32 Å². The minimum atomic E-state index is 0.527. The molecule has 0 spiro atoms. The lowest BCUT2D eigenvalue weighted by Crippen LogP contribution is -2.01. The smallest absolute Gasteiger partial charge is 0.130 e. The molecule has 1 N–H and O–H groups in total. The summed E-state index contributed by atoms with van der Waals surface area (Å²) in [5, 5.41) is 4.40. The summed E-state index contributed by atoms with van der Waals surface area (Å²) in [6.07, 6.45) is 0. The fourth-order valence-electron chi connectivity index (χ4n) is 1.94. The van der Waals surface area contributed by atoms with Crippen molar-refractivity contribution in [2.24, 2.45) is 0 Å². The molecular formula is C14H11Cl2N3S. The number of aryl methyl sites for hydroxylation is 1. The zero-order valence-corrected chi connectivity index (χ0v) is 13.0. The summed E-state index contributed by atoms with van der Waals surface area (Å²) in [5.74, 6) is 0. The van der Waals surface area contributed by atoms with Crippen LogP contribution >= 0.6 is 34.9 Å². The van der Waals surface area contributed by atoms with Gasteiger partial charge in [0.2, 0.25) is 0 Å². The molecule has 3 nitrogen and oxygen atoms in total. The van der Waals surface area contributed by atoms with Crippen LogP contribution in [0.15, 0.2) is 30.3 Å². The largest absolute Gasteiger partial charge is 0.378 e. The maximum Gasteiger partial charge on any atom is 0.130 e. The first-order valence-corrected chi connectivity index (χ1v) is 7.53. The summed E-state index contributed by atoms with van der Waals surface area (Å²) in [6, 6.07) is 10.0. The number of nitrogens with one attached hydrogen (secondary N) is 1. The van der Waals surface area contributed by atoms with Crippen molar-refractivity contribution < 1.29 is 0 Å². The zero-order valence-electron chi connectivity index (χ0n) is 10.7. The van der Waals surface area contributed by atoms with Gasteiger partial charge in [-0.25, -0.2) is 0 Å². The second kappa shape index (κ2) is 5.56. The van der Waals surface area contributed by atoms with Crippen LogP contribution in [0.1, 0.15) is 11.1 Å². The molecule has 0 aliphatic carbocycles. The van der Waals surface area contributed by atoms with Crippen LogP contribution in [-0.2, 0) is 6.54 Å². The number of fused-ring (bicyclic) bond motifs is 1. The highest BCUT2D eigenvalue weighted by Gasteiger charge is 2.13. The fourth-order valence-corrected chi connectivity index (χ4v) is 3.12. The third-order valence-electron chi connectivity index (χ3n) is 3.03. The van der Waals surface area contributed by atoms with Gasteiger partial charge >= 0.3 is 0 Å². The van der Waals surface area contributed by atoms with Crippen molar-refractivity contribution in [3.8, 4) is 0 Å². The van der Waals surface area contributed by atoms with Crippen molar-refractivity contribution >= 4 is 51.7 Å². The van der Waals surface area contributed by atoms with E-state index in [2.05, 4.69) is 45.3 Å². The van der Waals surface area contributed by atoms with Crippen LogP contribution in [0.3, 0.4) is 0 Å². The normalized spacial score (nSPS) is 10.9. The van der Waals surface area contributed by atoms with Gasteiger partial charge in [0.15, 0.2) is 0 Å². The summed E-state index contributed by atoms with van der Waals surface area (Å²) in [6.45, 7) is 2.74. The first kappa shape index (κ1) is 13.6. The molecule has 20 heavy (non-hydrogen) atoms. The highest BCUT2D eigenvalue weighted by molar-refractivity contribution is 7.00. The number of halogens is 2. The molecule has 6 heteroatoms. The number of nitrogens with zero attached hydrogens (tertiary/aromatic N) is 2. The van der Waals surface area contributed by atoms with Gasteiger partial charge in [-0.1, -0.05) is 53.0 Å².